The van der Waals surface area contributed by atoms with Crippen LogP contribution in [0.3, 0.4) is 0 Å². The van der Waals surface area contributed by atoms with Crippen LogP contribution in [0.5, 0.6) is 0 Å². The second-order valence-corrected chi connectivity index (χ2v) is 6.20. The fourth-order valence-corrected chi connectivity index (χ4v) is 3.01. The molecule has 0 aromatic carbocycles. The minimum atomic E-state index is -0.324. The number of hydrogen-bond acceptors (Lipinski definition) is 5. The summed E-state index contributed by atoms with van der Waals surface area (Å²) in [5, 5.41) is 0.683. The van der Waals surface area contributed by atoms with Crippen LogP contribution in [-0.2, 0) is 9.53 Å². The molecule has 0 bridgehead atoms. The van der Waals surface area contributed by atoms with Crippen molar-refractivity contribution in [2.45, 2.75) is 6.10 Å². The highest BCUT2D eigenvalue weighted by Gasteiger charge is 2.31. The molecule has 1 atom stereocenters. The van der Waals surface area contributed by atoms with Gasteiger partial charge in [-0.15, -0.1) is 0 Å². The number of morpholine rings is 1. The number of carbonyl (C=O) groups excluding carboxylic acids is 1. The number of rotatable bonds is 2. The number of pyridine rings is 1. The summed E-state index contributed by atoms with van der Waals surface area (Å²) < 4.78 is 5.61. The van der Waals surface area contributed by atoms with Gasteiger partial charge in [-0.3, -0.25) is 4.79 Å². The summed E-state index contributed by atoms with van der Waals surface area (Å²) in [5.41, 5.74) is 0. The molecule has 3 rings (SSSR count). The first-order valence-corrected chi connectivity index (χ1v) is 7.97. The number of piperazine rings is 1. The molecule has 1 amide bonds. The molecule has 0 aliphatic carbocycles. The molecule has 120 valence electrons. The van der Waals surface area contributed by atoms with Crippen LogP contribution < -0.4 is 4.90 Å². The Bertz CT molecular complexity index is 534. The smallest absolute Gasteiger partial charge is 0.253 e. The van der Waals surface area contributed by atoms with Gasteiger partial charge >= 0.3 is 0 Å². The topological polar surface area (TPSA) is 48.9 Å². The van der Waals surface area contributed by atoms with Crippen LogP contribution in [0.4, 0.5) is 5.82 Å². The average Bonchev–Trinajstić information content (AvgIpc) is 2.54. The van der Waals surface area contributed by atoms with Gasteiger partial charge in [0.2, 0.25) is 0 Å². The minimum absolute atomic E-state index is 0.102. The monoisotopic (exact) mass is 324 g/mol. The van der Waals surface area contributed by atoms with Gasteiger partial charge in [0.05, 0.1) is 6.61 Å². The van der Waals surface area contributed by atoms with Crippen molar-refractivity contribution in [2.75, 3.05) is 57.8 Å². The predicted molar refractivity (Wildman–Crippen MR) is 85.3 cm³/mol. The molecule has 6 nitrogen and oxygen atoms in total. The summed E-state index contributed by atoms with van der Waals surface area (Å²) >= 11 is 6.01. The van der Waals surface area contributed by atoms with Gasteiger partial charge in [0.25, 0.3) is 5.91 Å². The molecule has 0 radical (unpaired) electrons. The van der Waals surface area contributed by atoms with Gasteiger partial charge < -0.3 is 19.4 Å². The number of aromatic nitrogens is 1. The van der Waals surface area contributed by atoms with Gasteiger partial charge in [0.1, 0.15) is 11.9 Å². The lowest BCUT2D eigenvalue weighted by Crippen LogP contribution is -2.55. The van der Waals surface area contributed by atoms with Crippen LogP contribution in [-0.4, -0.2) is 79.7 Å². The third-order valence-electron chi connectivity index (χ3n) is 4.17. The molecule has 2 saturated heterocycles. The summed E-state index contributed by atoms with van der Waals surface area (Å²) in [7, 11) is 2.02. The van der Waals surface area contributed by atoms with Crippen LogP contribution in [0.15, 0.2) is 18.3 Å². The number of amides is 1. The van der Waals surface area contributed by atoms with E-state index in [0.29, 0.717) is 31.3 Å². The quantitative estimate of drug-likeness (QED) is 0.802. The lowest BCUT2D eigenvalue weighted by molar-refractivity contribution is -0.149. The summed E-state index contributed by atoms with van der Waals surface area (Å²) in [6, 6.07) is 3.62. The summed E-state index contributed by atoms with van der Waals surface area (Å²) in [4.78, 5) is 23.0. The molecule has 7 heteroatoms. The van der Waals surface area contributed by atoms with Gasteiger partial charge in [-0.2, -0.15) is 0 Å². The van der Waals surface area contributed by atoms with Gasteiger partial charge in [0.15, 0.2) is 0 Å². The van der Waals surface area contributed by atoms with E-state index in [1.807, 2.05) is 18.0 Å². The second kappa shape index (κ2) is 6.81. The summed E-state index contributed by atoms with van der Waals surface area (Å²) in [5.74, 6) is 0.971. The number of carbonyl (C=O) groups is 1. The highest BCUT2D eigenvalue weighted by molar-refractivity contribution is 6.30. The van der Waals surface area contributed by atoms with Crippen molar-refractivity contribution in [1.29, 1.82) is 0 Å². The molecule has 0 saturated carbocycles. The Hall–Kier alpha value is -1.37. The third kappa shape index (κ3) is 3.51. The Morgan fingerprint density at radius 1 is 1.32 bits per heavy atom. The first-order chi connectivity index (χ1) is 10.6. The molecule has 0 N–H and O–H groups in total. The fraction of sp³-hybridized carbons (Fsp3) is 0.600. The first-order valence-electron chi connectivity index (χ1n) is 7.59. The number of nitrogens with zero attached hydrogens (tertiary/aromatic N) is 4. The van der Waals surface area contributed by atoms with Crippen molar-refractivity contribution >= 4 is 23.3 Å². The second-order valence-electron chi connectivity index (χ2n) is 5.77. The molecular formula is C15H21ClN4O2. The molecule has 1 unspecified atom stereocenters. The predicted octanol–water partition coefficient (Wildman–Crippen LogP) is 0.714. The standard InChI is InChI=1S/C15H21ClN4O2/c1-18-8-9-22-13(11-18)15(21)20-6-4-19(5-7-20)14-10-12(16)2-3-17-14/h2-3,10,13H,4-9,11H2,1H3. The van der Waals surface area contributed by atoms with E-state index < -0.39 is 0 Å². The first kappa shape index (κ1) is 15.5. The van der Waals surface area contributed by atoms with Gasteiger partial charge in [-0.25, -0.2) is 4.98 Å². The zero-order valence-corrected chi connectivity index (χ0v) is 13.5. The average molecular weight is 325 g/mol. The molecule has 2 aliphatic rings. The molecule has 2 fully saturated rings. The fourth-order valence-electron chi connectivity index (χ4n) is 2.85. The van der Waals surface area contributed by atoms with Crippen molar-refractivity contribution in [1.82, 2.24) is 14.8 Å². The van der Waals surface area contributed by atoms with E-state index >= 15 is 0 Å². The Balaban J connectivity index is 1.56. The van der Waals surface area contributed by atoms with E-state index in [9.17, 15) is 4.79 Å². The maximum Gasteiger partial charge on any atom is 0.253 e. The van der Waals surface area contributed by atoms with Crippen molar-refractivity contribution in [3.63, 3.8) is 0 Å². The van der Waals surface area contributed by atoms with Crippen molar-refractivity contribution in [2.24, 2.45) is 0 Å². The maximum atomic E-state index is 12.5. The van der Waals surface area contributed by atoms with E-state index in [2.05, 4.69) is 14.8 Å². The van der Waals surface area contributed by atoms with Gasteiger partial charge in [-0.05, 0) is 19.2 Å². The molecule has 0 spiro atoms. The summed E-state index contributed by atoms with van der Waals surface area (Å²) in [6.07, 6.45) is 1.38. The lowest BCUT2D eigenvalue weighted by atomic mass is 10.2. The number of likely N-dealkylation sites (N-methyl/N-ethyl adjacent to an activating group) is 1. The highest BCUT2D eigenvalue weighted by atomic mass is 35.5. The Morgan fingerprint density at radius 2 is 2.09 bits per heavy atom. The van der Waals surface area contributed by atoms with Crippen LogP contribution in [0, 0.1) is 0 Å². The van der Waals surface area contributed by atoms with E-state index in [0.717, 1.165) is 25.5 Å². The van der Waals surface area contributed by atoms with Crippen molar-refractivity contribution < 1.29 is 9.53 Å². The van der Waals surface area contributed by atoms with E-state index in [1.54, 1.807) is 12.3 Å². The maximum absolute atomic E-state index is 12.5. The van der Waals surface area contributed by atoms with Crippen molar-refractivity contribution in [3.8, 4) is 0 Å². The molecule has 3 heterocycles. The molecule has 2 aliphatic heterocycles. The van der Waals surface area contributed by atoms with Crippen molar-refractivity contribution in [3.05, 3.63) is 23.4 Å². The van der Waals surface area contributed by atoms with Crippen LogP contribution in [0.2, 0.25) is 5.02 Å². The normalized spacial score (nSPS) is 23.6. The number of hydrogen-bond donors (Lipinski definition) is 0. The zero-order chi connectivity index (χ0) is 15.5. The SMILES string of the molecule is CN1CCOC(C(=O)N2CCN(c3cc(Cl)ccn3)CC2)C1. The largest absolute Gasteiger partial charge is 0.366 e. The molecule has 22 heavy (non-hydrogen) atoms. The van der Waals surface area contributed by atoms with E-state index in [4.69, 9.17) is 16.3 Å². The number of anilines is 1. The van der Waals surface area contributed by atoms with Gasteiger partial charge in [0, 0.05) is 50.5 Å². The third-order valence-corrected chi connectivity index (χ3v) is 4.40. The summed E-state index contributed by atoms with van der Waals surface area (Å²) in [6.45, 7) is 5.10. The molecule has 1 aromatic rings. The minimum Gasteiger partial charge on any atom is -0.366 e. The molecular weight excluding hydrogens is 304 g/mol. The zero-order valence-electron chi connectivity index (χ0n) is 12.7. The van der Waals surface area contributed by atoms with E-state index in [1.165, 1.54) is 0 Å². The Kier molecular flexibility index (Phi) is 4.81. The Labute approximate surface area is 135 Å². The van der Waals surface area contributed by atoms with Crippen LogP contribution in [0.1, 0.15) is 0 Å². The Morgan fingerprint density at radius 3 is 2.77 bits per heavy atom. The highest BCUT2D eigenvalue weighted by Crippen LogP contribution is 2.18. The van der Waals surface area contributed by atoms with E-state index in [-0.39, 0.29) is 12.0 Å². The molecule has 1 aromatic heterocycles. The lowest BCUT2D eigenvalue weighted by Gasteiger charge is -2.38. The van der Waals surface area contributed by atoms with Gasteiger partial charge in [-0.1, -0.05) is 11.6 Å². The number of halogens is 1. The number of ether oxygens (including phenoxy) is 1. The van der Waals surface area contributed by atoms with Crippen LogP contribution in [0.25, 0.3) is 0 Å². The van der Waals surface area contributed by atoms with Crippen LogP contribution >= 0.6 is 11.6 Å².